The van der Waals surface area contributed by atoms with Crippen molar-refractivity contribution in [2.45, 2.75) is 33.1 Å². The molecule has 0 radical (unpaired) electrons. The Bertz CT molecular complexity index is 2320. The van der Waals surface area contributed by atoms with Crippen molar-refractivity contribution in [1.82, 2.24) is 0 Å². The molecule has 0 atom stereocenters. The highest BCUT2D eigenvalue weighted by Gasteiger charge is 2.46. The zero-order valence-corrected chi connectivity index (χ0v) is 26.7. The number of benzene rings is 6. The molecule has 1 aromatic heterocycles. The second-order valence-corrected chi connectivity index (χ2v) is 14.2. The van der Waals surface area contributed by atoms with Crippen molar-refractivity contribution in [1.29, 1.82) is 0 Å². The van der Waals surface area contributed by atoms with E-state index >= 15 is 0 Å². The number of fused-ring (bicyclic) bond motifs is 7. The third kappa shape index (κ3) is 3.88. The summed E-state index contributed by atoms with van der Waals surface area (Å²) in [5, 5.41) is 2.62. The molecule has 6 aromatic carbocycles. The normalized spacial score (nSPS) is 14.1. The number of thiophene rings is 1. The predicted octanol–water partition coefficient (Wildman–Crippen LogP) is 9.40. The van der Waals surface area contributed by atoms with Gasteiger partial charge in [-0.1, -0.05) is 85.5 Å². The maximum absolute atomic E-state index is 6.57. The maximum Gasteiger partial charge on any atom is 0.251 e. The largest absolute Gasteiger partial charge is 0.458 e. The lowest BCUT2D eigenvalue weighted by atomic mass is 9.30. The molecule has 0 amide bonds. The molecular weight excluding hydrogens is 565 g/mol. The van der Waals surface area contributed by atoms with Crippen LogP contribution >= 0.6 is 11.3 Å². The minimum Gasteiger partial charge on any atom is -0.458 e. The van der Waals surface area contributed by atoms with Crippen LogP contribution in [0.2, 0.25) is 0 Å². The Morgan fingerprint density at radius 1 is 0.622 bits per heavy atom. The molecular formula is C41H32BNOS. The monoisotopic (exact) mass is 597 g/mol. The quantitative estimate of drug-likeness (QED) is 0.188. The van der Waals surface area contributed by atoms with Gasteiger partial charge in [0.2, 0.25) is 0 Å². The Morgan fingerprint density at radius 3 is 2.22 bits per heavy atom. The maximum atomic E-state index is 6.57. The number of aryl methyl sites for hydroxylation is 2. The van der Waals surface area contributed by atoms with Crippen LogP contribution in [0.3, 0.4) is 0 Å². The van der Waals surface area contributed by atoms with Gasteiger partial charge in [-0.3, -0.25) is 0 Å². The van der Waals surface area contributed by atoms with E-state index in [1.807, 2.05) is 11.3 Å². The van der Waals surface area contributed by atoms with Crippen LogP contribution in [0.15, 0.2) is 121 Å². The fraction of sp³-hybridized carbons (Fsp3) is 0.122. The Morgan fingerprint density at radius 2 is 1.36 bits per heavy atom. The van der Waals surface area contributed by atoms with Crippen LogP contribution in [0.4, 0.5) is 17.1 Å². The van der Waals surface area contributed by atoms with Crippen LogP contribution in [0.5, 0.6) is 11.5 Å². The zero-order valence-electron chi connectivity index (χ0n) is 25.9. The molecule has 0 fully saturated rings. The molecule has 0 bridgehead atoms. The van der Waals surface area contributed by atoms with Crippen LogP contribution in [0.25, 0.3) is 20.2 Å². The molecule has 0 aliphatic carbocycles. The van der Waals surface area contributed by atoms with Gasteiger partial charge in [0.1, 0.15) is 11.5 Å². The van der Waals surface area contributed by atoms with Crippen molar-refractivity contribution >= 4 is 71.7 Å². The summed E-state index contributed by atoms with van der Waals surface area (Å²) in [6, 6.07) is 44.6. The van der Waals surface area contributed by atoms with E-state index in [1.54, 1.807) is 0 Å². The van der Waals surface area contributed by atoms with E-state index in [4.69, 9.17) is 4.74 Å². The summed E-state index contributed by atoms with van der Waals surface area (Å²) in [6.07, 6.45) is 0. The van der Waals surface area contributed by atoms with E-state index in [0.29, 0.717) is 0 Å². The highest BCUT2D eigenvalue weighted by molar-refractivity contribution is 7.25. The van der Waals surface area contributed by atoms with Gasteiger partial charge in [0.05, 0.1) is 0 Å². The zero-order chi connectivity index (χ0) is 30.4. The fourth-order valence-corrected chi connectivity index (χ4v) is 9.07. The Hall–Kier alpha value is -4.80. The van der Waals surface area contributed by atoms with Crippen LogP contribution < -0.4 is 26.0 Å². The number of para-hydroxylation sites is 1. The van der Waals surface area contributed by atoms with E-state index in [0.717, 1.165) is 22.9 Å². The van der Waals surface area contributed by atoms with Gasteiger partial charge in [-0.05, 0) is 102 Å². The SMILES string of the molecule is Cc1ccc2c(c1)B1c3ccc(N(c4ccccc4)c4ccc5sc6ccccc6c5c4)cc3C(C)(C)c3c(C)ccc(c31)O2. The number of nitrogens with zero attached hydrogens (tertiary/aromatic N) is 1. The molecule has 2 aliphatic heterocycles. The Labute approximate surface area is 268 Å². The van der Waals surface area contributed by atoms with Gasteiger partial charge in [0.25, 0.3) is 6.71 Å². The third-order valence-electron chi connectivity index (χ3n) is 9.94. The number of rotatable bonds is 3. The molecule has 0 saturated carbocycles. The lowest BCUT2D eigenvalue weighted by Gasteiger charge is -2.43. The van der Waals surface area contributed by atoms with Crippen molar-refractivity contribution in [3.8, 4) is 11.5 Å². The van der Waals surface area contributed by atoms with Crippen LogP contribution in [0.1, 0.15) is 36.1 Å². The number of anilines is 3. The molecule has 0 unspecified atom stereocenters. The summed E-state index contributed by atoms with van der Waals surface area (Å²) in [6.45, 7) is 9.34. The van der Waals surface area contributed by atoms with Gasteiger partial charge in [-0.2, -0.15) is 0 Å². The Balaban J connectivity index is 1.28. The smallest absolute Gasteiger partial charge is 0.251 e. The Kier molecular flexibility index (Phi) is 5.67. The van der Waals surface area contributed by atoms with Crippen molar-refractivity contribution in [3.05, 3.63) is 144 Å². The minimum absolute atomic E-state index is 0.134. The van der Waals surface area contributed by atoms with Gasteiger partial charge in [-0.15, -0.1) is 11.3 Å². The average molecular weight is 598 g/mol. The lowest BCUT2D eigenvalue weighted by molar-refractivity contribution is 0.484. The van der Waals surface area contributed by atoms with Crippen LogP contribution in [-0.2, 0) is 5.41 Å². The summed E-state index contributed by atoms with van der Waals surface area (Å²) in [7, 11) is 0. The summed E-state index contributed by atoms with van der Waals surface area (Å²) in [4.78, 5) is 2.42. The second-order valence-electron chi connectivity index (χ2n) is 13.1. The summed E-state index contributed by atoms with van der Waals surface area (Å²) < 4.78 is 9.21. The van der Waals surface area contributed by atoms with E-state index in [2.05, 4.69) is 154 Å². The number of ether oxygens (including phenoxy) is 1. The van der Waals surface area contributed by atoms with Gasteiger partial charge >= 0.3 is 0 Å². The van der Waals surface area contributed by atoms with Crippen molar-refractivity contribution in [2.24, 2.45) is 0 Å². The average Bonchev–Trinajstić information content (AvgIpc) is 3.42. The lowest BCUT2D eigenvalue weighted by Crippen LogP contribution is -2.62. The standard InChI is InChI=1S/C41H32BNOS/c1-25-14-19-35-34(22-25)42-33-18-16-29(24-32(33)41(3,4)39-26(2)15-20-36(44-35)40(39)42)43(27-10-6-5-7-11-27)28-17-21-38-31(23-28)30-12-8-9-13-37(30)45-38/h5-24H,1-4H3. The van der Waals surface area contributed by atoms with Crippen molar-refractivity contribution < 1.29 is 4.74 Å². The molecule has 3 heterocycles. The van der Waals surface area contributed by atoms with Gasteiger partial charge in [0.15, 0.2) is 0 Å². The van der Waals surface area contributed by atoms with Crippen LogP contribution in [0, 0.1) is 13.8 Å². The van der Waals surface area contributed by atoms with E-state index in [9.17, 15) is 0 Å². The van der Waals surface area contributed by atoms with E-state index in [-0.39, 0.29) is 12.1 Å². The minimum atomic E-state index is -0.210. The van der Waals surface area contributed by atoms with E-state index in [1.165, 1.54) is 64.5 Å². The van der Waals surface area contributed by atoms with Gasteiger partial charge in [-0.25, -0.2) is 0 Å². The molecule has 2 aliphatic rings. The molecule has 7 aromatic rings. The molecule has 0 spiro atoms. The summed E-state index contributed by atoms with van der Waals surface area (Å²) >= 11 is 1.86. The summed E-state index contributed by atoms with van der Waals surface area (Å²) in [5.41, 5.74) is 12.5. The van der Waals surface area contributed by atoms with Gasteiger partial charge in [0, 0.05) is 42.6 Å². The molecule has 0 saturated heterocycles. The molecule has 45 heavy (non-hydrogen) atoms. The first-order chi connectivity index (χ1) is 21.9. The fourth-order valence-electron chi connectivity index (χ4n) is 7.99. The van der Waals surface area contributed by atoms with Crippen molar-refractivity contribution in [2.75, 3.05) is 4.90 Å². The summed E-state index contributed by atoms with van der Waals surface area (Å²) in [5.74, 6) is 1.95. The van der Waals surface area contributed by atoms with Crippen molar-refractivity contribution in [3.63, 3.8) is 0 Å². The highest BCUT2D eigenvalue weighted by atomic mass is 32.1. The number of hydrogen-bond acceptors (Lipinski definition) is 3. The number of hydrogen-bond donors (Lipinski definition) is 0. The van der Waals surface area contributed by atoms with Gasteiger partial charge < -0.3 is 9.64 Å². The predicted molar refractivity (Wildman–Crippen MR) is 193 cm³/mol. The molecule has 4 heteroatoms. The molecule has 2 nitrogen and oxygen atoms in total. The van der Waals surface area contributed by atoms with E-state index < -0.39 is 0 Å². The van der Waals surface area contributed by atoms with Crippen LogP contribution in [-0.4, -0.2) is 6.71 Å². The first-order valence-electron chi connectivity index (χ1n) is 15.7. The first-order valence-corrected chi connectivity index (χ1v) is 16.5. The second kappa shape index (κ2) is 9.60. The molecule has 216 valence electrons. The third-order valence-corrected chi connectivity index (χ3v) is 11.1. The molecule has 0 N–H and O–H groups in total. The first kappa shape index (κ1) is 26.6. The highest BCUT2D eigenvalue weighted by Crippen LogP contribution is 2.44. The topological polar surface area (TPSA) is 12.5 Å². The molecule has 9 rings (SSSR count).